The van der Waals surface area contributed by atoms with Crippen LogP contribution >= 0.6 is 12.4 Å². The number of hydrogen-bond donors (Lipinski definition) is 1. The molecule has 1 N–H and O–H groups in total. The van der Waals surface area contributed by atoms with Crippen molar-refractivity contribution in [2.24, 2.45) is 5.92 Å². The molecule has 0 radical (unpaired) electrons. The Balaban J connectivity index is 0.00000161. The normalized spacial score (nSPS) is 28.7. The molecule has 1 aromatic carbocycles. The topological polar surface area (TPSA) is 40.5 Å². The lowest BCUT2D eigenvalue weighted by atomic mass is 9.84. The van der Waals surface area contributed by atoms with Crippen LogP contribution in [-0.2, 0) is 11.3 Å². The molecular formula is C16H21ClFNO2. The number of hydrogen-bond acceptors (Lipinski definition) is 2. The Bertz CT molecular complexity index is 511. The largest absolute Gasteiger partial charge is 0.480 e. The molecule has 1 aromatic rings. The summed E-state index contributed by atoms with van der Waals surface area (Å²) >= 11 is 0. The molecule has 0 amide bonds. The van der Waals surface area contributed by atoms with Crippen molar-refractivity contribution in [1.82, 2.24) is 4.90 Å². The van der Waals surface area contributed by atoms with Crippen molar-refractivity contribution in [3.8, 4) is 0 Å². The summed E-state index contributed by atoms with van der Waals surface area (Å²) < 4.78 is 13.3. The average Bonchev–Trinajstić information content (AvgIpc) is 2.78. The van der Waals surface area contributed by atoms with Crippen LogP contribution in [-0.4, -0.2) is 28.1 Å². The fourth-order valence-electron chi connectivity index (χ4n) is 3.87. The zero-order valence-electron chi connectivity index (χ0n) is 11.9. The molecule has 3 atom stereocenters. The van der Waals surface area contributed by atoms with E-state index in [4.69, 9.17) is 0 Å². The zero-order chi connectivity index (χ0) is 14.1. The van der Waals surface area contributed by atoms with Gasteiger partial charge < -0.3 is 5.11 Å². The third-order valence-electron chi connectivity index (χ3n) is 4.76. The molecule has 1 aliphatic carbocycles. The van der Waals surface area contributed by atoms with Gasteiger partial charge in [-0.25, -0.2) is 4.39 Å². The molecule has 2 aliphatic rings. The maximum atomic E-state index is 13.3. The lowest BCUT2D eigenvalue weighted by Crippen LogP contribution is -2.41. The lowest BCUT2D eigenvalue weighted by Gasteiger charge is -2.33. The summed E-state index contributed by atoms with van der Waals surface area (Å²) in [6, 6.07) is 6.44. The minimum absolute atomic E-state index is 0. The number of halogens is 2. The molecule has 1 aliphatic heterocycles. The van der Waals surface area contributed by atoms with Gasteiger partial charge in [0, 0.05) is 12.6 Å². The molecule has 1 saturated carbocycles. The van der Waals surface area contributed by atoms with E-state index in [0.717, 1.165) is 24.8 Å². The number of carboxylic acid groups (broad SMARTS) is 1. The SMILES string of the molecule is Cl.O=C(O)C1CC2CCCCC2N1Cc1cccc(F)c1. The monoisotopic (exact) mass is 313 g/mol. The number of carboxylic acids is 1. The fourth-order valence-corrected chi connectivity index (χ4v) is 3.87. The van der Waals surface area contributed by atoms with E-state index in [1.165, 1.54) is 25.0 Å². The number of fused-ring (bicyclic) bond motifs is 1. The van der Waals surface area contributed by atoms with E-state index < -0.39 is 12.0 Å². The molecule has 1 heterocycles. The summed E-state index contributed by atoms with van der Waals surface area (Å²) in [4.78, 5) is 13.6. The van der Waals surface area contributed by atoms with E-state index in [0.29, 0.717) is 18.5 Å². The van der Waals surface area contributed by atoms with Gasteiger partial charge in [-0.2, -0.15) is 0 Å². The van der Waals surface area contributed by atoms with Crippen molar-refractivity contribution < 1.29 is 14.3 Å². The molecule has 5 heteroatoms. The summed E-state index contributed by atoms with van der Waals surface area (Å²) in [5.74, 6) is -0.497. The quantitative estimate of drug-likeness (QED) is 0.929. The summed E-state index contributed by atoms with van der Waals surface area (Å²) in [6.07, 6.45) is 5.33. The van der Waals surface area contributed by atoms with Crippen LogP contribution in [0, 0.1) is 11.7 Å². The first-order chi connectivity index (χ1) is 9.65. The van der Waals surface area contributed by atoms with Gasteiger partial charge in [0.1, 0.15) is 11.9 Å². The van der Waals surface area contributed by atoms with Gasteiger partial charge in [0.15, 0.2) is 0 Å². The lowest BCUT2D eigenvalue weighted by molar-refractivity contribution is -0.142. The molecule has 2 fully saturated rings. The molecule has 21 heavy (non-hydrogen) atoms. The van der Waals surface area contributed by atoms with E-state index in [1.54, 1.807) is 6.07 Å². The Kier molecular flexibility index (Phi) is 5.22. The van der Waals surface area contributed by atoms with Gasteiger partial charge in [0.2, 0.25) is 0 Å². The summed E-state index contributed by atoms with van der Waals surface area (Å²) in [5, 5.41) is 9.45. The van der Waals surface area contributed by atoms with E-state index in [-0.39, 0.29) is 18.2 Å². The summed E-state index contributed by atoms with van der Waals surface area (Å²) in [7, 11) is 0. The molecule has 3 rings (SSSR count). The van der Waals surface area contributed by atoms with Crippen molar-refractivity contribution in [2.75, 3.05) is 0 Å². The van der Waals surface area contributed by atoms with Crippen LogP contribution in [0.25, 0.3) is 0 Å². The smallest absolute Gasteiger partial charge is 0.320 e. The Morgan fingerprint density at radius 1 is 1.33 bits per heavy atom. The Morgan fingerprint density at radius 3 is 2.81 bits per heavy atom. The molecule has 116 valence electrons. The van der Waals surface area contributed by atoms with Crippen LogP contribution in [0.15, 0.2) is 24.3 Å². The minimum atomic E-state index is -0.740. The highest BCUT2D eigenvalue weighted by Crippen LogP contribution is 2.40. The van der Waals surface area contributed by atoms with Crippen LogP contribution in [0.5, 0.6) is 0 Å². The Morgan fingerprint density at radius 2 is 2.10 bits per heavy atom. The molecule has 1 saturated heterocycles. The van der Waals surface area contributed by atoms with Gasteiger partial charge in [-0.15, -0.1) is 12.4 Å². The molecule has 0 spiro atoms. The minimum Gasteiger partial charge on any atom is -0.480 e. The van der Waals surface area contributed by atoms with Crippen LogP contribution in [0.2, 0.25) is 0 Å². The average molecular weight is 314 g/mol. The van der Waals surface area contributed by atoms with E-state index in [1.807, 2.05) is 6.07 Å². The second-order valence-corrected chi connectivity index (χ2v) is 6.00. The maximum absolute atomic E-state index is 13.3. The van der Waals surface area contributed by atoms with Crippen LogP contribution < -0.4 is 0 Å². The van der Waals surface area contributed by atoms with Crippen molar-refractivity contribution in [2.45, 2.75) is 50.7 Å². The third kappa shape index (κ3) is 3.38. The van der Waals surface area contributed by atoms with Gasteiger partial charge >= 0.3 is 5.97 Å². The number of benzene rings is 1. The van der Waals surface area contributed by atoms with Gasteiger partial charge in [0.25, 0.3) is 0 Å². The predicted octanol–water partition coefficient (Wildman–Crippen LogP) is 3.47. The van der Waals surface area contributed by atoms with Crippen LogP contribution in [0.4, 0.5) is 4.39 Å². The van der Waals surface area contributed by atoms with Gasteiger partial charge in [-0.1, -0.05) is 25.0 Å². The van der Waals surface area contributed by atoms with Gasteiger partial charge in [0.05, 0.1) is 0 Å². The Labute approximate surface area is 130 Å². The predicted molar refractivity (Wildman–Crippen MR) is 81.0 cm³/mol. The Hall–Kier alpha value is -1.13. The number of aliphatic carboxylic acids is 1. The third-order valence-corrected chi connectivity index (χ3v) is 4.76. The van der Waals surface area contributed by atoms with Crippen molar-refractivity contribution >= 4 is 18.4 Å². The first-order valence-electron chi connectivity index (χ1n) is 7.38. The van der Waals surface area contributed by atoms with Crippen molar-refractivity contribution in [3.05, 3.63) is 35.6 Å². The maximum Gasteiger partial charge on any atom is 0.320 e. The number of nitrogens with zero attached hydrogens (tertiary/aromatic N) is 1. The first kappa shape index (κ1) is 16.2. The number of likely N-dealkylation sites (tertiary alicyclic amines) is 1. The zero-order valence-corrected chi connectivity index (χ0v) is 12.7. The van der Waals surface area contributed by atoms with Crippen LogP contribution in [0.3, 0.4) is 0 Å². The van der Waals surface area contributed by atoms with Gasteiger partial charge in [-0.05, 0) is 42.9 Å². The second kappa shape index (κ2) is 6.75. The summed E-state index contributed by atoms with van der Waals surface area (Å²) in [5.41, 5.74) is 0.863. The molecular weight excluding hydrogens is 293 g/mol. The molecule has 0 bridgehead atoms. The van der Waals surface area contributed by atoms with Crippen molar-refractivity contribution in [1.29, 1.82) is 0 Å². The highest BCUT2D eigenvalue weighted by Gasteiger charge is 2.44. The van der Waals surface area contributed by atoms with E-state index >= 15 is 0 Å². The molecule has 3 nitrogen and oxygen atoms in total. The van der Waals surface area contributed by atoms with Crippen LogP contribution in [0.1, 0.15) is 37.7 Å². The highest BCUT2D eigenvalue weighted by molar-refractivity contribution is 5.85. The second-order valence-electron chi connectivity index (χ2n) is 6.00. The molecule has 3 unspecified atom stereocenters. The molecule has 0 aromatic heterocycles. The number of carbonyl (C=O) groups is 1. The standard InChI is InChI=1S/C16H20FNO2.ClH/c17-13-6-3-4-11(8-13)10-18-14-7-2-1-5-12(14)9-15(18)16(19)20;/h3-4,6,8,12,14-15H,1-2,5,7,9-10H2,(H,19,20);1H. The van der Waals surface area contributed by atoms with E-state index in [2.05, 4.69) is 4.90 Å². The number of rotatable bonds is 3. The fraction of sp³-hybridized carbons (Fsp3) is 0.562. The first-order valence-corrected chi connectivity index (χ1v) is 7.38. The van der Waals surface area contributed by atoms with E-state index in [9.17, 15) is 14.3 Å². The highest BCUT2D eigenvalue weighted by atomic mass is 35.5. The summed E-state index contributed by atoms with van der Waals surface area (Å²) in [6.45, 7) is 0.538. The van der Waals surface area contributed by atoms with Crippen molar-refractivity contribution in [3.63, 3.8) is 0 Å². The van der Waals surface area contributed by atoms with Gasteiger partial charge in [-0.3, -0.25) is 9.69 Å².